The first kappa shape index (κ1) is 15.8. The van der Waals surface area contributed by atoms with Crippen LogP contribution < -0.4 is 10.1 Å². The van der Waals surface area contributed by atoms with E-state index in [0.717, 1.165) is 15.7 Å². The molecule has 0 atom stereocenters. The second-order valence-corrected chi connectivity index (χ2v) is 5.91. The number of aryl methyl sites for hydroxylation is 1. The first-order valence-electron chi connectivity index (χ1n) is 6.85. The molecule has 2 aromatic rings. The van der Waals surface area contributed by atoms with Crippen molar-refractivity contribution in [1.82, 2.24) is 5.32 Å². The van der Waals surface area contributed by atoms with E-state index in [1.54, 1.807) is 0 Å². The van der Waals surface area contributed by atoms with Gasteiger partial charge < -0.3 is 10.1 Å². The van der Waals surface area contributed by atoms with Crippen LogP contribution in [0.4, 0.5) is 0 Å². The van der Waals surface area contributed by atoms with Crippen LogP contribution in [-0.2, 0) is 11.2 Å². The molecule has 2 rings (SSSR count). The highest BCUT2D eigenvalue weighted by Crippen LogP contribution is 2.19. The Kier molecular flexibility index (Phi) is 6.04. The fourth-order valence-electron chi connectivity index (χ4n) is 1.98. The average Bonchev–Trinajstić information content (AvgIpc) is 2.48. The van der Waals surface area contributed by atoms with Gasteiger partial charge in [-0.15, -0.1) is 0 Å². The normalized spacial score (nSPS) is 10.2. The fraction of sp³-hybridized carbons (Fsp3) is 0.235. The van der Waals surface area contributed by atoms with E-state index in [1.165, 1.54) is 11.1 Å². The topological polar surface area (TPSA) is 38.3 Å². The number of ether oxygens (including phenoxy) is 1. The molecule has 110 valence electrons. The van der Waals surface area contributed by atoms with Crippen molar-refractivity contribution in [3.63, 3.8) is 0 Å². The molecule has 0 radical (unpaired) electrons. The van der Waals surface area contributed by atoms with Gasteiger partial charge in [0.15, 0.2) is 6.61 Å². The zero-order valence-corrected chi connectivity index (χ0v) is 14.1. The Balaban J connectivity index is 1.73. The maximum Gasteiger partial charge on any atom is 0.257 e. The summed E-state index contributed by atoms with van der Waals surface area (Å²) in [6, 6.07) is 15.9. The lowest BCUT2D eigenvalue weighted by atomic mass is 10.1. The molecule has 0 aliphatic carbocycles. The molecule has 0 saturated heterocycles. The second-order valence-electron chi connectivity index (χ2n) is 4.75. The van der Waals surface area contributed by atoms with E-state index in [-0.39, 0.29) is 12.5 Å². The van der Waals surface area contributed by atoms with Crippen LogP contribution in [0.1, 0.15) is 11.1 Å². The average molecular weight is 395 g/mol. The van der Waals surface area contributed by atoms with Crippen LogP contribution in [-0.4, -0.2) is 19.1 Å². The van der Waals surface area contributed by atoms with Gasteiger partial charge in [-0.25, -0.2) is 0 Å². The van der Waals surface area contributed by atoms with Crippen LogP contribution in [0.3, 0.4) is 0 Å². The summed E-state index contributed by atoms with van der Waals surface area (Å²) in [6.45, 7) is 2.75. The Morgan fingerprint density at radius 2 is 1.86 bits per heavy atom. The van der Waals surface area contributed by atoms with Gasteiger partial charge >= 0.3 is 0 Å². The number of amides is 1. The molecule has 0 aromatic heterocycles. The molecule has 4 heteroatoms. The second kappa shape index (κ2) is 8.02. The molecule has 0 aliphatic rings. The Morgan fingerprint density at radius 1 is 1.14 bits per heavy atom. The van der Waals surface area contributed by atoms with Crippen LogP contribution in [0.25, 0.3) is 0 Å². The zero-order chi connectivity index (χ0) is 15.1. The van der Waals surface area contributed by atoms with E-state index in [2.05, 4.69) is 47.0 Å². The van der Waals surface area contributed by atoms with Gasteiger partial charge in [-0.05, 0) is 59.2 Å². The van der Waals surface area contributed by atoms with Crippen molar-refractivity contribution in [3.8, 4) is 5.75 Å². The molecule has 0 heterocycles. The van der Waals surface area contributed by atoms with E-state index in [1.807, 2.05) is 36.4 Å². The maximum atomic E-state index is 11.8. The summed E-state index contributed by atoms with van der Waals surface area (Å²) in [5.74, 6) is 0.649. The summed E-state index contributed by atoms with van der Waals surface area (Å²) in [5, 5.41) is 2.88. The van der Waals surface area contributed by atoms with Crippen molar-refractivity contribution in [2.24, 2.45) is 0 Å². The third-order valence-electron chi connectivity index (χ3n) is 3.17. The lowest BCUT2D eigenvalue weighted by Gasteiger charge is -2.09. The summed E-state index contributed by atoms with van der Waals surface area (Å²) >= 11 is 2.19. The number of rotatable bonds is 6. The first-order valence-corrected chi connectivity index (χ1v) is 7.93. The van der Waals surface area contributed by atoms with E-state index >= 15 is 0 Å². The molecule has 1 amide bonds. The number of hydrogen-bond acceptors (Lipinski definition) is 2. The standard InChI is InChI=1S/C17H18INO2/c1-13-6-2-3-7-14(13)10-11-19-17(20)12-21-16-9-5-4-8-15(16)18/h2-9H,10-12H2,1H3,(H,19,20). The number of halogens is 1. The SMILES string of the molecule is Cc1ccccc1CCNC(=O)COc1ccccc1I. The van der Waals surface area contributed by atoms with Gasteiger partial charge in [-0.3, -0.25) is 4.79 Å². The third kappa shape index (κ3) is 5.04. The minimum atomic E-state index is -0.0942. The van der Waals surface area contributed by atoms with Crippen molar-refractivity contribution in [2.45, 2.75) is 13.3 Å². The lowest BCUT2D eigenvalue weighted by molar-refractivity contribution is -0.123. The van der Waals surface area contributed by atoms with Crippen LogP contribution in [0, 0.1) is 10.5 Å². The number of hydrogen-bond donors (Lipinski definition) is 1. The van der Waals surface area contributed by atoms with E-state index < -0.39 is 0 Å². The van der Waals surface area contributed by atoms with Gasteiger partial charge in [0.2, 0.25) is 0 Å². The van der Waals surface area contributed by atoms with Gasteiger partial charge in [-0.1, -0.05) is 36.4 Å². The molecule has 0 spiro atoms. The summed E-state index contributed by atoms with van der Waals surface area (Å²) in [7, 11) is 0. The third-order valence-corrected chi connectivity index (χ3v) is 4.06. The lowest BCUT2D eigenvalue weighted by Crippen LogP contribution is -2.30. The molecule has 0 saturated carbocycles. The molecule has 0 aliphatic heterocycles. The Bertz CT molecular complexity index is 613. The zero-order valence-electron chi connectivity index (χ0n) is 11.9. The fourth-order valence-corrected chi connectivity index (χ4v) is 2.53. The number of para-hydroxylation sites is 1. The Hall–Kier alpha value is -1.56. The minimum Gasteiger partial charge on any atom is -0.483 e. The summed E-state index contributed by atoms with van der Waals surface area (Å²) in [6.07, 6.45) is 0.835. The highest BCUT2D eigenvalue weighted by molar-refractivity contribution is 14.1. The predicted molar refractivity (Wildman–Crippen MR) is 92.5 cm³/mol. The van der Waals surface area contributed by atoms with Gasteiger partial charge in [0.05, 0.1) is 3.57 Å². The minimum absolute atomic E-state index is 0.0494. The first-order chi connectivity index (χ1) is 10.2. The maximum absolute atomic E-state index is 11.8. The number of nitrogens with one attached hydrogen (secondary N) is 1. The van der Waals surface area contributed by atoms with Gasteiger partial charge in [0.1, 0.15) is 5.75 Å². The Morgan fingerprint density at radius 3 is 2.62 bits per heavy atom. The number of carbonyl (C=O) groups is 1. The van der Waals surface area contributed by atoms with Crippen LogP contribution in [0.15, 0.2) is 48.5 Å². The van der Waals surface area contributed by atoms with Gasteiger partial charge in [0, 0.05) is 6.54 Å². The van der Waals surface area contributed by atoms with Crippen LogP contribution in [0.2, 0.25) is 0 Å². The molecule has 2 aromatic carbocycles. The van der Waals surface area contributed by atoms with Crippen molar-refractivity contribution < 1.29 is 9.53 Å². The molecule has 1 N–H and O–H groups in total. The molecule has 0 unspecified atom stereocenters. The number of carbonyl (C=O) groups excluding carboxylic acids is 1. The van der Waals surface area contributed by atoms with Crippen molar-refractivity contribution in [1.29, 1.82) is 0 Å². The summed E-state index contributed by atoms with van der Waals surface area (Å²) < 4.78 is 6.51. The smallest absolute Gasteiger partial charge is 0.257 e. The van der Waals surface area contributed by atoms with Crippen LogP contribution in [0.5, 0.6) is 5.75 Å². The predicted octanol–water partition coefficient (Wildman–Crippen LogP) is 3.34. The van der Waals surface area contributed by atoms with Crippen molar-refractivity contribution in [3.05, 3.63) is 63.2 Å². The number of benzene rings is 2. The van der Waals surface area contributed by atoms with Crippen LogP contribution >= 0.6 is 22.6 Å². The Labute approximate surface area is 138 Å². The van der Waals surface area contributed by atoms with E-state index in [9.17, 15) is 4.79 Å². The van der Waals surface area contributed by atoms with Crippen molar-refractivity contribution >= 4 is 28.5 Å². The highest BCUT2D eigenvalue weighted by Gasteiger charge is 2.05. The molecule has 0 fully saturated rings. The van der Waals surface area contributed by atoms with E-state index in [4.69, 9.17) is 4.74 Å². The van der Waals surface area contributed by atoms with Crippen molar-refractivity contribution in [2.75, 3.05) is 13.2 Å². The monoisotopic (exact) mass is 395 g/mol. The van der Waals surface area contributed by atoms with Gasteiger partial charge in [-0.2, -0.15) is 0 Å². The molecular weight excluding hydrogens is 377 g/mol. The molecule has 21 heavy (non-hydrogen) atoms. The van der Waals surface area contributed by atoms with Gasteiger partial charge in [0.25, 0.3) is 5.91 Å². The molecular formula is C17H18INO2. The molecule has 0 bridgehead atoms. The molecule has 3 nitrogen and oxygen atoms in total. The largest absolute Gasteiger partial charge is 0.483 e. The highest BCUT2D eigenvalue weighted by atomic mass is 127. The van der Waals surface area contributed by atoms with E-state index in [0.29, 0.717) is 6.54 Å². The summed E-state index contributed by atoms with van der Waals surface area (Å²) in [4.78, 5) is 11.8. The summed E-state index contributed by atoms with van der Waals surface area (Å²) in [5.41, 5.74) is 2.51. The quantitative estimate of drug-likeness (QED) is 0.763.